The maximum atomic E-state index is 12.2. The molecule has 3 aromatic heterocycles. The summed E-state index contributed by atoms with van der Waals surface area (Å²) in [6.45, 7) is -2.29. The van der Waals surface area contributed by atoms with Gasteiger partial charge >= 0.3 is 6.61 Å². The maximum absolute atomic E-state index is 12.2. The Morgan fingerprint density at radius 2 is 2.14 bits per heavy atom. The highest BCUT2D eigenvalue weighted by Crippen LogP contribution is 2.30. The van der Waals surface area contributed by atoms with Crippen LogP contribution >= 0.6 is 0 Å². The van der Waals surface area contributed by atoms with Gasteiger partial charge in [-0.05, 0) is 31.6 Å². The van der Waals surface area contributed by atoms with Crippen molar-refractivity contribution in [2.45, 2.75) is 44.6 Å². The van der Waals surface area contributed by atoms with Crippen molar-refractivity contribution >= 4 is 22.8 Å². The molecule has 5 N–H and O–H groups in total. The number of nitrogens with two attached hydrogens (primary N) is 1. The molecular formula is C16H20F2N8O2. The molecule has 1 saturated carbocycles. The van der Waals surface area contributed by atoms with Gasteiger partial charge in [0.05, 0.1) is 12.4 Å². The average molecular weight is 394 g/mol. The Morgan fingerprint density at radius 1 is 1.36 bits per heavy atom. The van der Waals surface area contributed by atoms with E-state index in [-0.39, 0.29) is 11.7 Å². The normalized spacial score (nSPS) is 22.7. The van der Waals surface area contributed by atoms with Crippen LogP contribution in [0, 0.1) is 5.92 Å². The highest BCUT2D eigenvalue weighted by molar-refractivity contribution is 5.71. The molecule has 1 aliphatic carbocycles. The van der Waals surface area contributed by atoms with Crippen LogP contribution in [-0.2, 0) is 6.54 Å². The third-order valence-electron chi connectivity index (χ3n) is 4.77. The summed E-state index contributed by atoms with van der Waals surface area (Å²) >= 11 is 0. The lowest BCUT2D eigenvalue weighted by molar-refractivity contribution is -0.0528. The zero-order valence-corrected chi connectivity index (χ0v) is 14.8. The van der Waals surface area contributed by atoms with E-state index in [1.54, 1.807) is 10.9 Å². The van der Waals surface area contributed by atoms with Gasteiger partial charge in [0.1, 0.15) is 11.2 Å². The second kappa shape index (κ2) is 7.28. The zero-order chi connectivity index (χ0) is 19.7. The van der Waals surface area contributed by atoms with Crippen LogP contribution in [-0.4, -0.2) is 47.4 Å². The van der Waals surface area contributed by atoms with Gasteiger partial charge in [-0.1, -0.05) is 0 Å². The summed E-state index contributed by atoms with van der Waals surface area (Å²) in [7, 11) is 0. The second-order valence-corrected chi connectivity index (χ2v) is 6.96. The second-order valence-electron chi connectivity index (χ2n) is 6.96. The van der Waals surface area contributed by atoms with Crippen LogP contribution in [0.1, 0.15) is 25.7 Å². The fourth-order valence-electron chi connectivity index (χ4n) is 3.30. The van der Waals surface area contributed by atoms with Crippen molar-refractivity contribution in [2.24, 2.45) is 11.7 Å². The van der Waals surface area contributed by atoms with Crippen LogP contribution in [0.3, 0.4) is 0 Å². The first kappa shape index (κ1) is 18.5. The quantitative estimate of drug-likeness (QED) is 0.464. The number of aliphatic hydroxyl groups is 1. The van der Waals surface area contributed by atoms with Gasteiger partial charge in [0.15, 0.2) is 17.3 Å². The van der Waals surface area contributed by atoms with Crippen LogP contribution in [0.15, 0.2) is 18.5 Å². The summed E-state index contributed by atoms with van der Waals surface area (Å²) in [5.74, 6) is 0.841. The summed E-state index contributed by atoms with van der Waals surface area (Å²) in [4.78, 5) is 8.82. The zero-order valence-electron chi connectivity index (χ0n) is 14.8. The predicted molar refractivity (Wildman–Crippen MR) is 94.9 cm³/mol. The molecule has 0 spiro atoms. The Hall–Kier alpha value is -2.86. The van der Waals surface area contributed by atoms with E-state index < -0.39 is 12.3 Å². The number of alkyl halides is 2. The highest BCUT2D eigenvalue weighted by Gasteiger charge is 2.29. The molecule has 1 aliphatic rings. The topological polar surface area (TPSA) is 140 Å². The van der Waals surface area contributed by atoms with Crippen molar-refractivity contribution < 1.29 is 18.6 Å². The maximum Gasteiger partial charge on any atom is 0.388 e. The molecule has 150 valence electrons. The summed E-state index contributed by atoms with van der Waals surface area (Å²) < 4.78 is 30.5. The number of fused-ring (bicyclic) bond motifs is 1. The van der Waals surface area contributed by atoms with Gasteiger partial charge in [0.25, 0.3) is 0 Å². The fraction of sp³-hybridized carbons (Fsp3) is 0.500. The molecule has 0 unspecified atom stereocenters. The largest absolute Gasteiger partial charge is 0.417 e. The molecule has 0 aromatic carbocycles. The first-order chi connectivity index (χ1) is 13.4. The number of hydrogen-bond donors (Lipinski definition) is 4. The van der Waals surface area contributed by atoms with Crippen molar-refractivity contribution in [3.63, 3.8) is 0 Å². The molecule has 3 heterocycles. The van der Waals surface area contributed by atoms with E-state index in [2.05, 4.69) is 35.3 Å². The minimum absolute atomic E-state index is 0.159. The number of halogens is 2. The summed E-state index contributed by atoms with van der Waals surface area (Å²) in [6, 6.07) is 1.30. The molecule has 0 atom stereocenters. The van der Waals surface area contributed by atoms with E-state index in [0.29, 0.717) is 42.3 Å². The van der Waals surface area contributed by atoms with Crippen molar-refractivity contribution in [1.82, 2.24) is 29.9 Å². The number of H-pyrrole nitrogens is 1. The van der Waals surface area contributed by atoms with Gasteiger partial charge in [0.2, 0.25) is 5.88 Å². The molecule has 12 heteroatoms. The molecule has 4 rings (SSSR count). The lowest BCUT2D eigenvalue weighted by Gasteiger charge is -2.32. The number of rotatable bonds is 6. The van der Waals surface area contributed by atoms with Gasteiger partial charge in [-0.3, -0.25) is 0 Å². The summed E-state index contributed by atoms with van der Waals surface area (Å²) in [5, 5.41) is 23.3. The predicted octanol–water partition coefficient (Wildman–Crippen LogP) is 1.73. The van der Waals surface area contributed by atoms with Crippen molar-refractivity contribution in [3.05, 3.63) is 18.5 Å². The summed E-state index contributed by atoms with van der Waals surface area (Å²) in [5.41, 5.74) is 5.93. The van der Waals surface area contributed by atoms with Crippen LogP contribution in [0.2, 0.25) is 0 Å². The SMILES string of the molecule is N[C@]1(O)CC[C@H](Cn2ncc3ncc(Nc4cc(OC(F)F)[nH]n4)nc32)CC1. The van der Waals surface area contributed by atoms with Gasteiger partial charge < -0.3 is 20.9 Å². The van der Waals surface area contributed by atoms with E-state index in [1.807, 2.05) is 0 Å². The number of ether oxygens (including phenoxy) is 1. The first-order valence-electron chi connectivity index (χ1n) is 8.85. The van der Waals surface area contributed by atoms with E-state index >= 15 is 0 Å². The van der Waals surface area contributed by atoms with Gasteiger partial charge in [-0.15, -0.1) is 0 Å². The molecule has 0 amide bonds. The van der Waals surface area contributed by atoms with Crippen molar-refractivity contribution in [1.29, 1.82) is 0 Å². The number of aromatic amines is 1. The number of aromatic nitrogens is 6. The molecular weight excluding hydrogens is 374 g/mol. The first-order valence-corrected chi connectivity index (χ1v) is 8.85. The van der Waals surface area contributed by atoms with E-state index in [0.717, 1.165) is 12.8 Å². The standard InChI is InChI=1S/C16H20F2N8O2/c17-15(18)28-13-5-11(24-25-13)22-12-7-20-10-6-21-26(14(10)23-12)8-9-1-3-16(19,27)4-2-9/h5-7,9,15,27H,1-4,8,19H2,(H2,22,23,24,25)/t9-,16-. The molecule has 0 radical (unpaired) electrons. The van der Waals surface area contributed by atoms with Gasteiger partial charge in [0, 0.05) is 12.6 Å². The van der Waals surface area contributed by atoms with Gasteiger partial charge in [-0.25, -0.2) is 19.7 Å². The minimum Gasteiger partial charge on any atom is -0.417 e. The fourth-order valence-corrected chi connectivity index (χ4v) is 3.30. The molecule has 3 aromatic rings. The van der Waals surface area contributed by atoms with Crippen molar-refractivity contribution in [2.75, 3.05) is 5.32 Å². The molecule has 0 aliphatic heterocycles. The average Bonchev–Trinajstić information content (AvgIpc) is 3.23. The van der Waals surface area contributed by atoms with Crippen LogP contribution in [0.25, 0.3) is 11.2 Å². The Morgan fingerprint density at radius 3 is 2.89 bits per heavy atom. The highest BCUT2D eigenvalue weighted by atomic mass is 19.3. The van der Waals surface area contributed by atoms with Crippen LogP contribution < -0.4 is 15.8 Å². The third-order valence-corrected chi connectivity index (χ3v) is 4.77. The Balaban J connectivity index is 1.47. The van der Waals surface area contributed by atoms with E-state index in [4.69, 9.17) is 5.73 Å². The Bertz CT molecular complexity index is 947. The smallest absolute Gasteiger partial charge is 0.388 e. The third kappa shape index (κ3) is 4.17. The number of hydrogen-bond acceptors (Lipinski definition) is 8. The molecule has 28 heavy (non-hydrogen) atoms. The number of nitrogens with one attached hydrogen (secondary N) is 2. The van der Waals surface area contributed by atoms with Crippen LogP contribution in [0.5, 0.6) is 5.88 Å². The number of nitrogens with zero attached hydrogens (tertiary/aromatic N) is 5. The monoisotopic (exact) mass is 394 g/mol. The summed E-state index contributed by atoms with van der Waals surface area (Å²) in [6.07, 6.45) is 5.86. The lowest BCUT2D eigenvalue weighted by atomic mass is 9.84. The van der Waals surface area contributed by atoms with E-state index in [1.165, 1.54) is 12.3 Å². The molecule has 0 bridgehead atoms. The van der Waals surface area contributed by atoms with Crippen LogP contribution in [0.4, 0.5) is 20.4 Å². The molecule has 10 nitrogen and oxygen atoms in total. The minimum atomic E-state index is -2.94. The lowest BCUT2D eigenvalue weighted by Crippen LogP contribution is -2.43. The van der Waals surface area contributed by atoms with E-state index in [9.17, 15) is 13.9 Å². The Kier molecular flexibility index (Phi) is 4.81. The van der Waals surface area contributed by atoms with Crippen molar-refractivity contribution in [3.8, 4) is 5.88 Å². The van der Waals surface area contributed by atoms with Gasteiger partial charge in [-0.2, -0.15) is 19.0 Å². The molecule has 0 saturated heterocycles. The Labute approximate surface area is 158 Å². The number of anilines is 2. The molecule has 1 fully saturated rings.